The summed E-state index contributed by atoms with van der Waals surface area (Å²) in [7, 11) is -3.19. The van der Waals surface area contributed by atoms with Gasteiger partial charge in [-0.3, -0.25) is 0 Å². The smallest absolute Gasteiger partial charge is 0.184 e. The highest BCUT2D eigenvalue weighted by Gasteiger charge is 2.65. The lowest BCUT2D eigenvalue weighted by atomic mass is 9.46. The molecule has 0 radical (unpaired) electrons. The zero-order valence-corrected chi connectivity index (χ0v) is 24.4. The third kappa shape index (κ3) is 4.16. The number of hydrogen-bond donors (Lipinski definition) is 1. The van der Waals surface area contributed by atoms with Crippen molar-refractivity contribution < 1.29 is 14.0 Å². The molecule has 0 unspecified atom stereocenters. The third-order valence-corrected chi connectivity index (χ3v) is 12.1. The van der Waals surface area contributed by atoms with Gasteiger partial charge in [0.1, 0.15) is 0 Å². The van der Waals surface area contributed by atoms with E-state index in [4.69, 9.17) is 8.85 Å². The average molecular weight is 479 g/mol. The maximum atomic E-state index is 12.1. The van der Waals surface area contributed by atoms with Gasteiger partial charge in [-0.15, -0.1) is 0 Å². The average Bonchev–Trinajstić information content (AvgIpc) is 2.92. The van der Waals surface area contributed by atoms with Gasteiger partial charge in [-0.2, -0.15) is 0 Å². The van der Waals surface area contributed by atoms with Crippen LogP contribution in [0.15, 0.2) is 11.6 Å². The lowest BCUT2D eigenvalue weighted by Gasteiger charge is -2.60. The van der Waals surface area contributed by atoms with E-state index in [9.17, 15) is 5.11 Å². The summed E-state index contributed by atoms with van der Waals surface area (Å²) in [5, 5.41) is 12.1. The van der Waals surface area contributed by atoms with Crippen LogP contribution in [0.3, 0.4) is 0 Å². The molecule has 32 heavy (non-hydrogen) atoms. The molecule has 0 aliphatic heterocycles. The molecule has 5 heteroatoms. The zero-order chi connectivity index (χ0) is 23.7. The molecule has 0 aromatic rings. The van der Waals surface area contributed by atoms with Crippen LogP contribution in [0.4, 0.5) is 0 Å². The molecule has 4 rings (SSSR count). The van der Waals surface area contributed by atoms with E-state index >= 15 is 0 Å². The first-order chi connectivity index (χ1) is 14.6. The van der Waals surface area contributed by atoms with Gasteiger partial charge in [-0.05, 0) is 121 Å². The lowest BCUT2D eigenvalue weighted by Crippen LogP contribution is -2.59. The highest BCUT2D eigenvalue weighted by Crippen LogP contribution is 2.68. The molecule has 0 aromatic heterocycles. The van der Waals surface area contributed by atoms with Crippen molar-refractivity contribution >= 4 is 16.6 Å². The van der Waals surface area contributed by atoms with Gasteiger partial charge >= 0.3 is 0 Å². The van der Waals surface area contributed by atoms with E-state index in [2.05, 4.69) is 66.1 Å². The minimum atomic E-state index is -1.70. The molecule has 3 nitrogen and oxygen atoms in total. The molecular weight excluding hydrogens is 428 g/mol. The standard InChI is InChI=1S/C27H50O3Si2/c1-19(29-31(4,5)6)27(28)17-14-24-22-11-10-20-18-21(30-32(7,8)9)12-15-25(20,2)23(22)13-16-26(24,27)3/h10,19,21-24,28H,11-18H2,1-9H3/t19-,21-,22+,23-,24-,25-,26-,27-/m0/s1. The second kappa shape index (κ2) is 8.04. The number of fused-ring (bicyclic) bond motifs is 5. The first-order valence-corrected chi connectivity index (χ1v) is 20.2. The molecule has 0 saturated heterocycles. The Labute approximate surface area is 200 Å². The fourth-order valence-electron chi connectivity index (χ4n) is 8.57. The summed E-state index contributed by atoms with van der Waals surface area (Å²) in [5.41, 5.74) is 1.33. The highest BCUT2D eigenvalue weighted by molar-refractivity contribution is 6.70. The van der Waals surface area contributed by atoms with E-state index in [1.807, 2.05) is 0 Å². The van der Waals surface area contributed by atoms with Gasteiger partial charge in [0.15, 0.2) is 16.6 Å². The van der Waals surface area contributed by atoms with Gasteiger partial charge in [0.05, 0.1) is 11.7 Å². The monoisotopic (exact) mass is 478 g/mol. The van der Waals surface area contributed by atoms with Crippen LogP contribution in [0, 0.1) is 28.6 Å². The Balaban J connectivity index is 1.56. The van der Waals surface area contributed by atoms with Crippen LogP contribution in [0.5, 0.6) is 0 Å². The summed E-state index contributed by atoms with van der Waals surface area (Å²) in [6, 6.07) is 0. The summed E-state index contributed by atoms with van der Waals surface area (Å²) in [4.78, 5) is 0. The van der Waals surface area contributed by atoms with Crippen molar-refractivity contribution in [1.29, 1.82) is 0 Å². The van der Waals surface area contributed by atoms with E-state index in [0.717, 1.165) is 31.6 Å². The molecule has 8 atom stereocenters. The summed E-state index contributed by atoms with van der Waals surface area (Å²) < 4.78 is 13.0. The summed E-state index contributed by atoms with van der Waals surface area (Å²) in [6.07, 6.45) is 12.3. The molecule has 4 aliphatic carbocycles. The fourth-order valence-corrected chi connectivity index (χ4v) is 11.0. The number of rotatable bonds is 5. The molecule has 0 bridgehead atoms. The van der Waals surface area contributed by atoms with Crippen molar-refractivity contribution in [3.8, 4) is 0 Å². The maximum absolute atomic E-state index is 12.1. The van der Waals surface area contributed by atoms with E-state index in [0.29, 0.717) is 23.4 Å². The van der Waals surface area contributed by atoms with E-state index in [1.165, 1.54) is 25.7 Å². The number of allylic oxidation sites excluding steroid dienone is 1. The molecule has 0 aromatic carbocycles. The first-order valence-electron chi connectivity index (χ1n) is 13.4. The topological polar surface area (TPSA) is 38.7 Å². The quantitative estimate of drug-likeness (QED) is 0.337. The van der Waals surface area contributed by atoms with Crippen LogP contribution < -0.4 is 0 Å². The molecule has 1 N–H and O–H groups in total. The SMILES string of the molecule is C[C@H](O[Si](C)(C)C)[C@@]1(O)CC[C@H]2[C@@H]3CC=C4C[C@@H](O[Si](C)(C)C)CC[C@]4(C)[C@H]3CC[C@@]21C. The predicted octanol–water partition coefficient (Wildman–Crippen LogP) is 7.14. The van der Waals surface area contributed by atoms with Crippen molar-refractivity contribution in [2.45, 2.75) is 129 Å². The molecule has 3 fully saturated rings. The Morgan fingerprint density at radius 3 is 2.22 bits per heavy atom. The van der Waals surface area contributed by atoms with E-state index in [1.54, 1.807) is 5.57 Å². The molecule has 3 saturated carbocycles. The minimum Gasteiger partial charge on any atom is -0.414 e. The third-order valence-electron chi connectivity index (χ3n) is 10.00. The van der Waals surface area contributed by atoms with Gasteiger partial charge in [0.25, 0.3) is 0 Å². The maximum Gasteiger partial charge on any atom is 0.184 e. The Hall–Kier alpha value is 0.0538. The largest absolute Gasteiger partial charge is 0.414 e. The van der Waals surface area contributed by atoms with Crippen LogP contribution in [-0.2, 0) is 8.85 Å². The number of hydrogen-bond acceptors (Lipinski definition) is 3. The van der Waals surface area contributed by atoms with Crippen LogP contribution in [0.1, 0.15) is 72.1 Å². The fraction of sp³-hybridized carbons (Fsp3) is 0.926. The van der Waals surface area contributed by atoms with Gasteiger partial charge in [-0.25, -0.2) is 0 Å². The summed E-state index contributed by atoms with van der Waals surface area (Å²) in [5.74, 6) is 2.10. The van der Waals surface area contributed by atoms with Gasteiger partial charge in [0, 0.05) is 11.5 Å². The van der Waals surface area contributed by atoms with Gasteiger partial charge in [0.2, 0.25) is 0 Å². The molecule has 0 amide bonds. The second-order valence-electron chi connectivity index (χ2n) is 14.1. The predicted molar refractivity (Wildman–Crippen MR) is 139 cm³/mol. The summed E-state index contributed by atoms with van der Waals surface area (Å²) >= 11 is 0. The van der Waals surface area contributed by atoms with E-state index in [-0.39, 0.29) is 11.5 Å². The second-order valence-corrected chi connectivity index (χ2v) is 23.1. The Bertz CT molecular complexity index is 753. The number of aliphatic hydroxyl groups is 1. The molecule has 4 aliphatic rings. The van der Waals surface area contributed by atoms with E-state index < -0.39 is 22.2 Å². The lowest BCUT2D eigenvalue weighted by molar-refractivity contribution is -0.165. The molecule has 0 spiro atoms. The zero-order valence-electron chi connectivity index (χ0n) is 22.4. The Morgan fingerprint density at radius 2 is 1.59 bits per heavy atom. The Kier molecular flexibility index (Phi) is 6.32. The van der Waals surface area contributed by atoms with Crippen molar-refractivity contribution in [1.82, 2.24) is 0 Å². The van der Waals surface area contributed by atoms with Crippen LogP contribution in [-0.4, -0.2) is 39.6 Å². The van der Waals surface area contributed by atoms with Crippen molar-refractivity contribution in [2.75, 3.05) is 0 Å². The van der Waals surface area contributed by atoms with Crippen molar-refractivity contribution in [2.24, 2.45) is 28.6 Å². The Morgan fingerprint density at radius 1 is 0.938 bits per heavy atom. The molecular formula is C27H50O3Si2. The first kappa shape index (κ1) is 25.2. The minimum absolute atomic E-state index is 0.0207. The summed E-state index contributed by atoms with van der Waals surface area (Å²) in [6.45, 7) is 20.8. The highest BCUT2D eigenvalue weighted by atomic mass is 28.4. The molecule has 0 heterocycles. The van der Waals surface area contributed by atoms with Crippen LogP contribution in [0.2, 0.25) is 39.3 Å². The molecule has 184 valence electrons. The van der Waals surface area contributed by atoms with Crippen molar-refractivity contribution in [3.05, 3.63) is 11.6 Å². The van der Waals surface area contributed by atoms with Gasteiger partial charge in [-0.1, -0.05) is 25.5 Å². The normalized spacial score (nSPS) is 45.5. The van der Waals surface area contributed by atoms with Crippen LogP contribution >= 0.6 is 0 Å². The van der Waals surface area contributed by atoms with Crippen molar-refractivity contribution in [3.63, 3.8) is 0 Å². The van der Waals surface area contributed by atoms with Gasteiger partial charge < -0.3 is 14.0 Å². The van der Waals surface area contributed by atoms with Crippen LogP contribution in [0.25, 0.3) is 0 Å².